The zero-order valence-corrected chi connectivity index (χ0v) is 19.1. The molecule has 0 saturated carbocycles. The van der Waals surface area contributed by atoms with Gasteiger partial charge in [0.1, 0.15) is 10.8 Å². The Bertz CT molecular complexity index is 1020. The molecule has 1 fully saturated rings. The lowest BCUT2D eigenvalue weighted by molar-refractivity contribution is -0.117. The normalized spacial score (nSPS) is 14.5. The van der Waals surface area contributed by atoms with E-state index in [2.05, 4.69) is 5.32 Å². The van der Waals surface area contributed by atoms with Crippen molar-refractivity contribution in [2.24, 2.45) is 5.73 Å². The van der Waals surface area contributed by atoms with Gasteiger partial charge in [0, 0.05) is 26.2 Å². The SMILES string of the molecule is Cc1c(C(N)=O)sc(NC(=O)CN2CCN(c3ccccc3F)CC2)c1C(=O)OC(C)C. The molecule has 10 heteroatoms. The van der Waals surface area contributed by atoms with Crippen molar-refractivity contribution in [1.29, 1.82) is 0 Å². The maximum absolute atomic E-state index is 14.0. The summed E-state index contributed by atoms with van der Waals surface area (Å²) in [6.07, 6.45) is -0.354. The molecular weight excluding hydrogens is 435 g/mol. The van der Waals surface area contributed by atoms with E-state index in [-0.39, 0.29) is 39.8 Å². The number of nitrogens with zero attached hydrogens (tertiary/aromatic N) is 2. The minimum absolute atomic E-state index is 0.104. The predicted molar refractivity (Wildman–Crippen MR) is 122 cm³/mol. The highest BCUT2D eigenvalue weighted by atomic mass is 32.1. The second kappa shape index (κ2) is 10.1. The van der Waals surface area contributed by atoms with Crippen LogP contribution in [0, 0.1) is 12.7 Å². The second-order valence-corrected chi connectivity index (χ2v) is 8.86. The summed E-state index contributed by atoms with van der Waals surface area (Å²) in [6.45, 7) is 7.48. The van der Waals surface area contributed by atoms with E-state index in [1.807, 2.05) is 9.80 Å². The number of para-hydroxylation sites is 1. The Balaban J connectivity index is 1.65. The Labute approximate surface area is 190 Å². The molecule has 0 bridgehead atoms. The molecule has 1 aliphatic rings. The van der Waals surface area contributed by atoms with Gasteiger partial charge in [-0.3, -0.25) is 14.5 Å². The number of carbonyl (C=O) groups excluding carboxylic acids is 3. The highest BCUT2D eigenvalue weighted by Gasteiger charge is 2.27. The predicted octanol–water partition coefficient (Wildman–Crippen LogP) is 2.62. The molecule has 1 aromatic carbocycles. The molecule has 1 aromatic heterocycles. The van der Waals surface area contributed by atoms with Crippen LogP contribution in [0.3, 0.4) is 0 Å². The second-order valence-electron chi connectivity index (χ2n) is 7.84. The standard InChI is InChI=1S/C22H27FN4O4S/c1-13(2)31-22(30)18-14(3)19(20(24)29)32-21(18)25-17(28)12-26-8-10-27(11-9-26)16-7-5-4-6-15(16)23/h4-7,13H,8-12H2,1-3H3,(H2,24,29)(H,25,28). The average Bonchev–Trinajstić information content (AvgIpc) is 3.04. The number of anilines is 2. The molecule has 2 aromatic rings. The lowest BCUT2D eigenvalue weighted by atomic mass is 10.1. The van der Waals surface area contributed by atoms with E-state index in [9.17, 15) is 18.8 Å². The van der Waals surface area contributed by atoms with Crippen LogP contribution in [0.1, 0.15) is 39.4 Å². The first-order valence-corrected chi connectivity index (χ1v) is 11.1. The van der Waals surface area contributed by atoms with Crippen molar-refractivity contribution in [1.82, 2.24) is 4.90 Å². The summed E-state index contributed by atoms with van der Waals surface area (Å²) in [5, 5.41) is 2.98. The third kappa shape index (κ3) is 5.43. The lowest BCUT2D eigenvalue weighted by Gasteiger charge is -2.35. The van der Waals surface area contributed by atoms with Crippen LogP contribution in [-0.2, 0) is 9.53 Å². The van der Waals surface area contributed by atoms with Crippen LogP contribution >= 0.6 is 11.3 Å². The van der Waals surface area contributed by atoms with E-state index in [1.54, 1.807) is 39.0 Å². The molecule has 3 rings (SSSR count). The Kier molecular flexibility index (Phi) is 7.47. The van der Waals surface area contributed by atoms with Gasteiger partial charge in [-0.1, -0.05) is 12.1 Å². The summed E-state index contributed by atoms with van der Waals surface area (Å²) in [5.41, 5.74) is 6.51. The molecule has 32 heavy (non-hydrogen) atoms. The largest absolute Gasteiger partial charge is 0.459 e. The third-order valence-electron chi connectivity index (χ3n) is 5.10. The molecule has 0 radical (unpaired) electrons. The first-order chi connectivity index (χ1) is 15.2. The molecule has 0 spiro atoms. The number of benzene rings is 1. The number of rotatable bonds is 7. The summed E-state index contributed by atoms with van der Waals surface area (Å²) in [5.74, 6) is -1.87. The number of hydrogen-bond acceptors (Lipinski definition) is 7. The molecule has 3 N–H and O–H groups in total. The van der Waals surface area contributed by atoms with Crippen LogP contribution in [0.4, 0.5) is 15.1 Å². The molecule has 2 heterocycles. The first kappa shape index (κ1) is 23.7. The Morgan fingerprint density at radius 1 is 1.19 bits per heavy atom. The highest BCUT2D eigenvalue weighted by molar-refractivity contribution is 7.18. The van der Waals surface area contributed by atoms with Crippen LogP contribution in [0.5, 0.6) is 0 Å². The van der Waals surface area contributed by atoms with Crippen LogP contribution in [0.25, 0.3) is 0 Å². The number of thiophene rings is 1. The van der Waals surface area contributed by atoms with Gasteiger partial charge < -0.3 is 20.7 Å². The molecular formula is C22H27FN4O4S. The molecule has 1 saturated heterocycles. The number of ether oxygens (including phenoxy) is 1. The van der Waals surface area contributed by atoms with Gasteiger partial charge in [0.05, 0.1) is 28.8 Å². The van der Waals surface area contributed by atoms with Gasteiger partial charge >= 0.3 is 5.97 Å². The molecule has 0 unspecified atom stereocenters. The van der Waals surface area contributed by atoms with E-state index in [4.69, 9.17) is 10.5 Å². The summed E-state index contributed by atoms with van der Waals surface area (Å²) in [6, 6.07) is 6.62. The zero-order chi connectivity index (χ0) is 23.4. The smallest absolute Gasteiger partial charge is 0.341 e. The van der Waals surface area contributed by atoms with Crippen LogP contribution in [0.2, 0.25) is 0 Å². The number of hydrogen-bond donors (Lipinski definition) is 2. The van der Waals surface area contributed by atoms with Crippen LogP contribution < -0.4 is 16.0 Å². The monoisotopic (exact) mass is 462 g/mol. The molecule has 0 atom stereocenters. The Morgan fingerprint density at radius 3 is 2.44 bits per heavy atom. The molecule has 8 nitrogen and oxygen atoms in total. The first-order valence-electron chi connectivity index (χ1n) is 10.3. The van der Waals surface area contributed by atoms with Gasteiger partial charge in [0.25, 0.3) is 5.91 Å². The maximum atomic E-state index is 14.0. The van der Waals surface area contributed by atoms with Crippen molar-refractivity contribution in [3.63, 3.8) is 0 Å². The quantitative estimate of drug-likeness (QED) is 0.613. The Hall–Kier alpha value is -2.98. The topological polar surface area (TPSA) is 105 Å². The zero-order valence-electron chi connectivity index (χ0n) is 18.3. The van der Waals surface area contributed by atoms with E-state index in [0.717, 1.165) is 11.3 Å². The number of nitrogens with two attached hydrogens (primary N) is 1. The number of amides is 2. The minimum atomic E-state index is -0.670. The summed E-state index contributed by atoms with van der Waals surface area (Å²) < 4.78 is 19.3. The van der Waals surface area contributed by atoms with Crippen molar-refractivity contribution in [2.45, 2.75) is 26.9 Å². The molecule has 172 valence electrons. The van der Waals surface area contributed by atoms with E-state index in [1.165, 1.54) is 6.07 Å². The molecule has 0 aliphatic carbocycles. The third-order valence-corrected chi connectivity index (χ3v) is 6.32. The number of primary amides is 1. The lowest BCUT2D eigenvalue weighted by Crippen LogP contribution is -2.48. The average molecular weight is 463 g/mol. The van der Waals surface area contributed by atoms with E-state index >= 15 is 0 Å². The van der Waals surface area contributed by atoms with Crippen molar-refractivity contribution < 1.29 is 23.5 Å². The number of halogens is 1. The maximum Gasteiger partial charge on any atom is 0.341 e. The minimum Gasteiger partial charge on any atom is -0.459 e. The fourth-order valence-corrected chi connectivity index (χ4v) is 4.64. The van der Waals surface area contributed by atoms with Gasteiger partial charge in [-0.2, -0.15) is 0 Å². The van der Waals surface area contributed by atoms with Crippen LogP contribution in [-0.4, -0.2) is 61.5 Å². The fourth-order valence-electron chi connectivity index (χ4n) is 3.58. The number of esters is 1. The van der Waals surface area contributed by atoms with Crippen molar-refractivity contribution in [3.8, 4) is 0 Å². The van der Waals surface area contributed by atoms with Crippen molar-refractivity contribution in [2.75, 3.05) is 42.9 Å². The summed E-state index contributed by atoms with van der Waals surface area (Å²) in [4.78, 5) is 41.1. The van der Waals surface area contributed by atoms with Gasteiger partial charge in [-0.25, -0.2) is 9.18 Å². The number of nitrogens with one attached hydrogen (secondary N) is 1. The number of piperazine rings is 1. The van der Waals surface area contributed by atoms with Crippen molar-refractivity contribution >= 4 is 39.8 Å². The summed E-state index contributed by atoms with van der Waals surface area (Å²) >= 11 is 0.964. The summed E-state index contributed by atoms with van der Waals surface area (Å²) in [7, 11) is 0. The van der Waals surface area contributed by atoms with Gasteiger partial charge in [-0.05, 0) is 38.5 Å². The van der Waals surface area contributed by atoms with Gasteiger partial charge in [-0.15, -0.1) is 11.3 Å². The number of carbonyl (C=O) groups is 3. The van der Waals surface area contributed by atoms with E-state index < -0.39 is 11.9 Å². The van der Waals surface area contributed by atoms with Gasteiger partial charge in [0.15, 0.2) is 0 Å². The van der Waals surface area contributed by atoms with Crippen molar-refractivity contribution in [3.05, 3.63) is 46.1 Å². The molecule has 2 amide bonds. The highest BCUT2D eigenvalue weighted by Crippen LogP contribution is 2.33. The molecule has 1 aliphatic heterocycles. The fraction of sp³-hybridized carbons (Fsp3) is 0.409. The van der Waals surface area contributed by atoms with Crippen LogP contribution in [0.15, 0.2) is 24.3 Å². The van der Waals surface area contributed by atoms with Gasteiger partial charge in [0.2, 0.25) is 5.91 Å². The van der Waals surface area contributed by atoms with E-state index in [0.29, 0.717) is 37.4 Å². The Morgan fingerprint density at radius 2 is 1.84 bits per heavy atom.